The van der Waals surface area contributed by atoms with Crippen LogP contribution in [0.5, 0.6) is 0 Å². The van der Waals surface area contributed by atoms with Crippen molar-refractivity contribution in [3.05, 3.63) is 18.0 Å². The molecule has 0 unspecified atom stereocenters. The average Bonchev–Trinajstić information content (AvgIpc) is 2.85. The number of nitrogens with zero attached hydrogens (tertiary/aromatic N) is 3. The minimum Gasteiger partial charge on any atom is -0.383 e. The Morgan fingerprint density at radius 2 is 2.26 bits per heavy atom. The lowest BCUT2D eigenvalue weighted by atomic mass is 10.0. The summed E-state index contributed by atoms with van der Waals surface area (Å²) in [4.78, 5) is 14.3. The van der Waals surface area contributed by atoms with Crippen LogP contribution in [0, 0.1) is 0 Å². The Labute approximate surface area is 113 Å². The van der Waals surface area contributed by atoms with Gasteiger partial charge in [0.15, 0.2) is 0 Å². The molecule has 0 aromatic carbocycles. The quantitative estimate of drug-likeness (QED) is 0.830. The van der Waals surface area contributed by atoms with Crippen molar-refractivity contribution >= 4 is 5.91 Å². The Morgan fingerprint density at radius 1 is 1.53 bits per heavy atom. The highest BCUT2D eigenvalue weighted by molar-refractivity contribution is 5.92. The number of hydrogen-bond donors (Lipinski definition) is 1. The number of piperidine rings is 1. The largest absolute Gasteiger partial charge is 0.383 e. The molecule has 1 aliphatic rings. The Balaban J connectivity index is 1.75. The van der Waals surface area contributed by atoms with Gasteiger partial charge >= 0.3 is 0 Å². The molecule has 2 heterocycles. The van der Waals surface area contributed by atoms with Gasteiger partial charge in [-0.2, -0.15) is 5.10 Å². The first kappa shape index (κ1) is 14.0. The molecule has 6 heteroatoms. The van der Waals surface area contributed by atoms with E-state index in [9.17, 15) is 4.79 Å². The molecule has 1 aliphatic heterocycles. The molecular formula is C13H22N4O2. The van der Waals surface area contributed by atoms with E-state index in [2.05, 4.69) is 15.3 Å². The summed E-state index contributed by atoms with van der Waals surface area (Å²) in [7, 11) is 3.53. The molecule has 6 nitrogen and oxygen atoms in total. The van der Waals surface area contributed by atoms with Gasteiger partial charge in [-0.1, -0.05) is 0 Å². The van der Waals surface area contributed by atoms with Crippen molar-refractivity contribution in [3.8, 4) is 0 Å². The maximum atomic E-state index is 12.0. The standard InChI is InChI=1S/C13H22N4O2/c1-16-6-5-12(15-16)13(18)14-11-3-7-17(8-4-11)9-10-19-2/h5-6,11H,3-4,7-10H2,1-2H3,(H,14,18). The second kappa shape index (κ2) is 6.68. The molecule has 0 spiro atoms. The first-order valence-corrected chi connectivity index (χ1v) is 6.71. The van der Waals surface area contributed by atoms with Crippen molar-refractivity contribution in [1.29, 1.82) is 0 Å². The molecule has 1 aromatic rings. The van der Waals surface area contributed by atoms with Crippen LogP contribution in [0.25, 0.3) is 0 Å². The maximum Gasteiger partial charge on any atom is 0.271 e. The molecule has 0 atom stereocenters. The number of methoxy groups -OCH3 is 1. The van der Waals surface area contributed by atoms with E-state index in [1.807, 2.05) is 7.05 Å². The third-order valence-electron chi connectivity index (χ3n) is 3.48. The van der Waals surface area contributed by atoms with Gasteiger partial charge in [0.05, 0.1) is 6.61 Å². The van der Waals surface area contributed by atoms with Crippen molar-refractivity contribution in [2.75, 3.05) is 33.4 Å². The SMILES string of the molecule is COCCN1CCC(NC(=O)c2ccn(C)n2)CC1. The zero-order chi connectivity index (χ0) is 13.7. The third-order valence-corrected chi connectivity index (χ3v) is 3.48. The maximum absolute atomic E-state index is 12.0. The van der Waals surface area contributed by atoms with E-state index in [1.165, 1.54) is 0 Å². The summed E-state index contributed by atoms with van der Waals surface area (Å²) in [5.41, 5.74) is 0.490. The highest BCUT2D eigenvalue weighted by Gasteiger charge is 2.21. The molecule has 1 saturated heterocycles. The third kappa shape index (κ3) is 4.04. The predicted octanol–water partition coefficient (Wildman–Crippen LogP) is 0.261. The molecule has 19 heavy (non-hydrogen) atoms. The monoisotopic (exact) mass is 266 g/mol. The molecule has 0 radical (unpaired) electrons. The number of ether oxygens (including phenoxy) is 1. The zero-order valence-corrected chi connectivity index (χ0v) is 11.6. The van der Waals surface area contributed by atoms with Crippen LogP contribution in [0.1, 0.15) is 23.3 Å². The van der Waals surface area contributed by atoms with Crippen molar-refractivity contribution in [3.63, 3.8) is 0 Å². The second-order valence-corrected chi connectivity index (χ2v) is 4.96. The lowest BCUT2D eigenvalue weighted by Crippen LogP contribution is -2.45. The second-order valence-electron chi connectivity index (χ2n) is 4.96. The molecule has 1 fully saturated rings. The van der Waals surface area contributed by atoms with E-state index in [0.29, 0.717) is 5.69 Å². The average molecular weight is 266 g/mol. The van der Waals surface area contributed by atoms with Gasteiger partial charge in [-0.3, -0.25) is 9.48 Å². The predicted molar refractivity (Wildman–Crippen MR) is 72.0 cm³/mol. The molecule has 106 valence electrons. The Morgan fingerprint density at radius 3 is 2.84 bits per heavy atom. The summed E-state index contributed by atoms with van der Waals surface area (Å²) in [5.74, 6) is -0.0732. The fourth-order valence-electron chi connectivity index (χ4n) is 2.32. The summed E-state index contributed by atoms with van der Waals surface area (Å²) in [6, 6.07) is 2.00. The first-order valence-electron chi connectivity index (χ1n) is 6.71. The number of aryl methyl sites for hydroxylation is 1. The van der Waals surface area contributed by atoms with Gasteiger partial charge < -0.3 is 15.0 Å². The van der Waals surface area contributed by atoms with Crippen LogP contribution < -0.4 is 5.32 Å². The van der Waals surface area contributed by atoms with Crippen LogP contribution in [0.15, 0.2) is 12.3 Å². The van der Waals surface area contributed by atoms with Gasteiger partial charge in [-0.15, -0.1) is 0 Å². The Bertz CT molecular complexity index is 411. The highest BCUT2D eigenvalue weighted by Crippen LogP contribution is 2.10. The van der Waals surface area contributed by atoms with Crippen LogP contribution in [0.2, 0.25) is 0 Å². The van der Waals surface area contributed by atoms with Gasteiger partial charge in [0.1, 0.15) is 5.69 Å². The number of likely N-dealkylation sites (tertiary alicyclic amines) is 1. The number of aromatic nitrogens is 2. The lowest BCUT2D eigenvalue weighted by molar-refractivity contribution is 0.0887. The van der Waals surface area contributed by atoms with Gasteiger partial charge in [0, 0.05) is 46.0 Å². The van der Waals surface area contributed by atoms with Crippen molar-refractivity contribution in [2.24, 2.45) is 7.05 Å². The van der Waals surface area contributed by atoms with Crippen LogP contribution in [0.3, 0.4) is 0 Å². The molecule has 0 saturated carbocycles. The van der Waals surface area contributed by atoms with E-state index in [4.69, 9.17) is 4.74 Å². The smallest absolute Gasteiger partial charge is 0.271 e. The van der Waals surface area contributed by atoms with E-state index < -0.39 is 0 Å². The number of hydrogen-bond acceptors (Lipinski definition) is 4. The van der Waals surface area contributed by atoms with Crippen LogP contribution in [-0.4, -0.2) is 60.0 Å². The number of rotatable bonds is 5. The van der Waals surface area contributed by atoms with Crippen molar-refractivity contribution in [2.45, 2.75) is 18.9 Å². The summed E-state index contributed by atoms with van der Waals surface area (Å²) < 4.78 is 6.72. The van der Waals surface area contributed by atoms with E-state index >= 15 is 0 Å². The van der Waals surface area contributed by atoms with Gasteiger partial charge in [-0.25, -0.2) is 0 Å². The summed E-state index contributed by atoms with van der Waals surface area (Å²) in [5, 5.41) is 7.16. The molecular weight excluding hydrogens is 244 g/mol. The van der Waals surface area contributed by atoms with Gasteiger partial charge in [-0.05, 0) is 18.9 Å². The number of amides is 1. The van der Waals surface area contributed by atoms with Crippen LogP contribution >= 0.6 is 0 Å². The molecule has 0 aliphatic carbocycles. The molecule has 1 amide bonds. The fraction of sp³-hybridized carbons (Fsp3) is 0.692. The first-order chi connectivity index (χ1) is 9.19. The fourth-order valence-corrected chi connectivity index (χ4v) is 2.32. The van der Waals surface area contributed by atoms with E-state index in [0.717, 1.165) is 39.1 Å². The number of nitrogens with one attached hydrogen (secondary N) is 1. The molecule has 0 bridgehead atoms. The lowest BCUT2D eigenvalue weighted by Gasteiger charge is -2.31. The van der Waals surface area contributed by atoms with Crippen molar-refractivity contribution < 1.29 is 9.53 Å². The molecule has 1 N–H and O–H groups in total. The summed E-state index contributed by atoms with van der Waals surface area (Å²) in [6.07, 6.45) is 3.76. The van der Waals surface area contributed by atoms with E-state index in [-0.39, 0.29) is 11.9 Å². The van der Waals surface area contributed by atoms with E-state index in [1.54, 1.807) is 24.1 Å². The van der Waals surface area contributed by atoms with Gasteiger partial charge in [0.25, 0.3) is 5.91 Å². The number of carbonyl (C=O) groups excluding carboxylic acids is 1. The highest BCUT2D eigenvalue weighted by atomic mass is 16.5. The van der Waals surface area contributed by atoms with Crippen LogP contribution in [0.4, 0.5) is 0 Å². The minimum atomic E-state index is -0.0732. The number of carbonyl (C=O) groups is 1. The summed E-state index contributed by atoms with van der Waals surface area (Å²) >= 11 is 0. The Kier molecular flexibility index (Phi) is 4.93. The van der Waals surface area contributed by atoms with Crippen LogP contribution in [-0.2, 0) is 11.8 Å². The van der Waals surface area contributed by atoms with Crippen molar-refractivity contribution in [1.82, 2.24) is 20.0 Å². The zero-order valence-electron chi connectivity index (χ0n) is 11.6. The summed E-state index contributed by atoms with van der Waals surface area (Å²) in [6.45, 7) is 3.76. The normalized spacial score (nSPS) is 17.6. The minimum absolute atomic E-state index is 0.0732. The van der Waals surface area contributed by atoms with Gasteiger partial charge in [0.2, 0.25) is 0 Å². The molecule has 2 rings (SSSR count). The topological polar surface area (TPSA) is 59.4 Å². The Hall–Kier alpha value is -1.40. The molecule has 1 aromatic heterocycles.